The highest BCUT2D eigenvalue weighted by Gasteiger charge is 2.40. The van der Waals surface area contributed by atoms with Crippen molar-refractivity contribution in [1.82, 2.24) is 0 Å². The van der Waals surface area contributed by atoms with E-state index in [1.807, 2.05) is 12.1 Å². The van der Waals surface area contributed by atoms with Gasteiger partial charge >= 0.3 is 0 Å². The molecule has 2 heterocycles. The van der Waals surface area contributed by atoms with E-state index in [9.17, 15) is 5.11 Å². The van der Waals surface area contributed by atoms with Gasteiger partial charge < -0.3 is 25.1 Å². The summed E-state index contributed by atoms with van der Waals surface area (Å²) in [4.78, 5) is 0. The zero-order valence-corrected chi connectivity index (χ0v) is 12.7. The summed E-state index contributed by atoms with van der Waals surface area (Å²) < 4.78 is 17.1. The Labute approximate surface area is 126 Å². The number of hydrogen-bond acceptors (Lipinski definition) is 5. The SMILES string of the molecule is NCC1(C(O)c2cc(Br)c3c(c2)OCO3)CCCOC1. The summed E-state index contributed by atoms with van der Waals surface area (Å²) in [6.07, 6.45) is 1.09. The molecule has 1 aromatic rings. The van der Waals surface area contributed by atoms with Crippen LogP contribution >= 0.6 is 15.9 Å². The lowest BCUT2D eigenvalue weighted by molar-refractivity contribution is -0.0782. The Balaban J connectivity index is 1.93. The highest BCUT2D eigenvalue weighted by molar-refractivity contribution is 9.10. The molecule has 2 aliphatic heterocycles. The van der Waals surface area contributed by atoms with Crippen molar-refractivity contribution in [3.05, 3.63) is 22.2 Å². The fourth-order valence-corrected chi connectivity index (χ4v) is 3.44. The maximum Gasteiger partial charge on any atom is 0.231 e. The standard InChI is InChI=1S/C14H18BrNO4/c15-10-4-9(5-11-12(10)20-8-19-11)13(17)14(6-16)2-1-3-18-7-14/h4-5,13,17H,1-3,6-8,16H2. The second-order valence-electron chi connectivity index (χ2n) is 5.36. The quantitative estimate of drug-likeness (QED) is 0.877. The molecule has 1 aromatic carbocycles. The van der Waals surface area contributed by atoms with Gasteiger partial charge in [-0.2, -0.15) is 0 Å². The van der Waals surface area contributed by atoms with Gasteiger partial charge in [-0.05, 0) is 46.5 Å². The summed E-state index contributed by atoms with van der Waals surface area (Å²) >= 11 is 3.45. The largest absolute Gasteiger partial charge is 0.454 e. The summed E-state index contributed by atoms with van der Waals surface area (Å²) in [6, 6.07) is 3.69. The molecule has 5 nitrogen and oxygen atoms in total. The molecule has 110 valence electrons. The van der Waals surface area contributed by atoms with Crippen molar-refractivity contribution in [3.8, 4) is 11.5 Å². The van der Waals surface area contributed by atoms with E-state index >= 15 is 0 Å². The molecule has 6 heteroatoms. The zero-order chi connectivity index (χ0) is 14.2. The second-order valence-corrected chi connectivity index (χ2v) is 6.22. The van der Waals surface area contributed by atoms with Crippen LogP contribution in [0, 0.1) is 5.41 Å². The van der Waals surface area contributed by atoms with Crippen LogP contribution in [0.5, 0.6) is 11.5 Å². The van der Waals surface area contributed by atoms with Gasteiger partial charge in [0.15, 0.2) is 11.5 Å². The molecule has 0 radical (unpaired) electrons. The van der Waals surface area contributed by atoms with Gasteiger partial charge in [0.25, 0.3) is 0 Å². The molecule has 2 unspecified atom stereocenters. The van der Waals surface area contributed by atoms with Crippen molar-refractivity contribution in [1.29, 1.82) is 0 Å². The van der Waals surface area contributed by atoms with Crippen molar-refractivity contribution in [3.63, 3.8) is 0 Å². The van der Waals surface area contributed by atoms with Crippen LogP contribution < -0.4 is 15.2 Å². The van der Waals surface area contributed by atoms with Gasteiger partial charge in [-0.15, -0.1) is 0 Å². The first-order chi connectivity index (χ1) is 9.66. The van der Waals surface area contributed by atoms with Crippen molar-refractivity contribution in [2.24, 2.45) is 11.1 Å². The Morgan fingerprint density at radius 3 is 2.95 bits per heavy atom. The molecule has 3 rings (SSSR count). The Kier molecular flexibility index (Phi) is 3.90. The molecule has 2 aliphatic rings. The monoisotopic (exact) mass is 343 g/mol. The van der Waals surface area contributed by atoms with E-state index in [2.05, 4.69) is 15.9 Å². The van der Waals surface area contributed by atoms with Crippen LogP contribution in [0.2, 0.25) is 0 Å². The van der Waals surface area contributed by atoms with E-state index < -0.39 is 11.5 Å². The molecule has 1 fully saturated rings. The Hall–Kier alpha value is -0.820. The maximum absolute atomic E-state index is 10.8. The third-order valence-electron chi connectivity index (χ3n) is 4.10. The maximum atomic E-state index is 10.8. The highest BCUT2D eigenvalue weighted by atomic mass is 79.9. The molecule has 0 aromatic heterocycles. The number of rotatable bonds is 3. The molecular formula is C14H18BrNO4. The van der Waals surface area contributed by atoms with Crippen molar-refractivity contribution in [2.75, 3.05) is 26.6 Å². The van der Waals surface area contributed by atoms with E-state index in [4.69, 9.17) is 19.9 Å². The summed E-state index contributed by atoms with van der Waals surface area (Å²) in [7, 11) is 0. The van der Waals surface area contributed by atoms with Crippen LogP contribution in [0.25, 0.3) is 0 Å². The van der Waals surface area contributed by atoms with Crippen molar-refractivity contribution >= 4 is 15.9 Å². The number of ether oxygens (including phenoxy) is 3. The zero-order valence-electron chi connectivity index (χ0n) is 11.1. The van der Waals surface area contributed by atoms with Gasteiger partial charge in [-0.3, -0.25) is 0 Å². The van der Waals surface area contributed by atoms with Gasteiger partial charge in [-0.25, -0.2) is 0 Å². The first-order valence-corrected chi connectivity index (χ1v) is 7.50. The molecule has 3 N–H and O–H groups in total. The van der Waals surface area contributed by atoms with Crippen LogP contribution in [0.4, 0.5) is 0 Å². The number of halogens is 1. The minimum Gasteiger partial charge on any atom is -0.454 e. The van der Waals surface area contributed by atoms with E-state index in [-0.39, 0.29) is 6.79 Å². The van der Waals surface area contributed by atoms with Crippen LogP contribution in [-0.4, -0.2) is 31.7 Å². The molecule has 0 spiro atoms. The molecule has 0 amide bonds. The summed E-state index contributed by atoms with van der Waals surface area (Å²) in [5.41, 5.74) is 6.27. The summed E-state index contributed by atoms with van der Waals surface area (Å²) in [6.45, 7) is 1.81. The summed E-state index contributed by atoms with van der Waals surface area (Å²) in [5.74, 6) is 1.33. The minimum atomic E-state index is -0.682. The van der Waals surface area contributed by atoms with Crippen molar-refractivity contribution < 1.29 is 19.3 Å². The number of aliphatic hydroxyl groups excluding tert-OH is 1. The molecule has 0 saturated carbocycles. The minimum absolute atomic E-state index is 0.207. The van der Waals surface area contributed by atoms with Crippen LogP contribution in [0.1, 0.15) is 24.5 Å². The number of fused-ring (bicyclic) bond motifs is 1. The van der Waals surface area contributed by atoms with Gasteiger partial charge in [0.1, 0.15) is 0 Å². The number of aliphatic hydroxyl groups is 1. The number of hydrogen-bond donors (Lipinski definition) is 2. The fraction of sp³-hybridized carbons (Fsp3) is 0.571. The predicted octanol–water partition coefficient (Wildman–Crippen LogP) is 1.97. The lowest BCUT2D eigenvalue weighted by Gasteiger charge is -2.40. The van der Waals surface area contributed by atoms with E-state index in [0.29, 0.717) is 24.7 Å². The van der Waals surface area contributed by atoms with E-state index in [1.54, 1.807) is 0 Å². The van der Waals surface area contributed by atoms with Crippen LogP contribution in [-0.2, 0) is 4.74 Å². The average molecular weight is 344 g/mol. The topological polar surface area (TPSA) is 73.9 Å². The molecule has 20 heavy (non-hydrogen) atoms. The molecular weight excluding hydrogens is 326 g/mol. The fourth-order valence-electron chi connectivity index (χ4n) is 2.86. The van der Waals surface area contributed by atoms with Gasteiger partial charge in [0.05, 0.1) is 17.2 Å². The Morgan fingerprint density at radius 1 is 1.40 bits per heavy atom. The molecule has 2 atom stereocenters. The molecule has 1 saturated heterocycles. The number of nitrogens with two attached hydrogens (primary N) is 1. The average Bonchev–Trinajstić information content (AvgIpc) is 2.96. The first-order valence-electron chi connectivity index (χ1n) is 6.71. The Morgan fingerprint density at radius 2 is 2.25 bits per heavy atom. The Bertz CT molecular complexity index is 502. The third kappa shape index (κ3) is 2.30. The van der Waals surface area contributed by atoms with Gasteiger partial charge in [-0.1, -0.05) is 0 Å². The van der Waals surface area contributed by atoms with Crippen LogP contribution in [0.3, 0.4) is 0 Å². The first kappa shape index (κ1) is 14.1. The van der Waals surface area contributed by atoms with Gasteiger partial charge in [0.2, 0.25) is 6.79 Å². The lowest BCUT2D eigenvalue weighted by Crippen LogP contribution is -2.43. The smallest absolute Gasteiger partial charge is 0.231 e. The molecule has 0 bridgehead atoms. The second kappa shape index (κ2) is 5.52. The molecule has 0 aliphatic carbocycles. The number of benzene rings is 1. The van der Waals surface area contributed by atoms with Crippen LogP contribution in [0.15, 0.2) is 16.6 Å². The van der Waals surface area contributed by atoms with E-state index in [1.165, 1.54) is 0 Å². The third-order valence-corrected chi connectivity index (χ3v) is 4.69. The predicted molar refractivity (Wildman–Crippen MR) is 76.8 cm³/mol. The highest BCUT2D eigenvalue weighted by Crippen LogP contribution is 2.46. The summed E-state index contributed by atoms with van der Waals surface area (Å²) in [5, 5.41) is 10.8. The normalized spacial score (nSPS) is 26.6. The van der Waals surface area contributed by atoms with Crippen molar-refractivity contribution in [2.45, 2.75) is 18.9 Å². The van der Waals surface area contributed by atoms with Gasteiger partial charge in [0, 0.05) is 18.6 Å². The lowest BCUT2D eigenvalue weighted by atomic mass is 9.75. The van der Waals surface area contributed by atoms with E-state index in [0.717, 1.165) is 29.5 Å².